The highest BCUT2D eigenvalue weighted by atomic mass is 35.5. The van der Waals surface area contributed by atoms with Crippen molar-refractivity contribution in [2.75, 3.05) is 6.61 Å². The summed E-state index contributed by atoms with van der Waals surface area (Å²) in [6, 6.07) is 4.45. The van der Waals surface area contributed by atoms with Gasteiger partial charge in [0.05, 0.1) is 11.6 Å². The SMILES string of the molecule is CCOC(C)(CC)C(Cc1c(F)cccc1Cl)NN. The predicted molar refractivity (Wildman–Crippen MR) is 76.5 cm³/mol. The molecule has 108 valence electrons. The average molecular weight is 289 g/mol. The van der Waals surface area contributed by atoms with Gasteiger partial charge in [0.2, 0.25) is 0 Å². The molecule has 3 nitrogen and oxygen atoms in total. The number of halogens is 2. The summed E-state index contributed by atoms with van der Waals surface area (Å²) in [6.07, 6.45) is 1.15. The van der Waals surface area contributed by atoms with Gasteiger partial charge in [0.25, 0.3) is 0 Å². The zero-order valence-electron chi connectivity index (χ0n) is 11.7. The maximum absolute atomic E-state index is 13.8. The molecule has 0 bridgehead atoms. The third kappa shape index (κ3) is 3.89. The summed E-state index contributed by atoms with van der Waals surface area (Å²) < 4.78 is 19.6. The van der Waals surface area contributed by atoms with Crippen LogP contribution in [0, 0.1) is 5.82 Å². The number of nitrogens with one attached hydrogen (secondary N) is 1. The summed E-state index contributed by atoms with van der Waals surface area (Å²) in [5, 5.41) is 0.412. The lowest BCUT2D eigenvalue weighted by Crippen LogP contribution is -2.54. The van der Waals surface area contributed by atoms with Gasteiger partial charge >= 0.3 is 0 Å². The molecule has 0 fully saturated rings. The second-order valence-electron chi connectivity index (χ2n) is 4.72. The fourth-order valence-electron chi connectivity index (χ4n) is 2.16. The van der Waals surface area contributed by atoms with Gasteiger partial charge in [-0.05, 0) is 38.8 Å². The molecule has 2 atom stereocenters. The van der Waals surface area contributed by atoms with Crippen molar-refractivity contribution < 1.29 is 9.13 Å². The molecule has 0 aromatic heterocycles. The van der Waals surface area contributed by atoms with Gasteiger partial charge in [0.15, 0.2) is 0 Å². The van der Waals surface area contributed by atoms with Gasteiger partial charge in [-0.25, -0.2) is 4.39 Å². The smallest absolute Gasteiger partial charge is 0.127 e. The lowest BCUT2D eigenvalue weighted by atomic mass is 9.88. The number of benzene rings is 1. The fraction of sp³-hybridized carbons (Fsp3) is 0.571. The van der Waals surface area contributed by atoms with Crippen LogP contribution in [0.1, 0.15) is 32.8 Å². The van der Waals surface area contributed by atoms with E-state index in [2.05, 4.69) is 5.43 Å². The molecular weight excluding hydrogens is 267 g/mol. The Kier molecular flexibility index (Phi) is 6.20. The first-order valence-electron chi connectivity index (χ1n) is 6.51. The van der Waals surface area contributed by atoms with Gasteiger partial charge in [-0.1, -0.05) is 24.6 Å². The van der Waals surface area contributed by atoms with Crippen LogP contribution in [0.25, 0.3) is 0 Å². The molecule has 2 unspecified atom stereocenters. The van der Waals surface area contributed by atoms with Crippen LogP contribution in [0.2, 0.25) is 5.02 Å². The molecule has 0 spiro atoms. The molecule has 0 saturated carbocycles. The molecule has 0 aliphatic rings. The zero-order valence-corrected chi connectivity index (χ0v) is 12.4. The van der Waals surface area contributed by atoms with Crippen molar-refractivity contribution in [1.82, 2.24) is 5.43 Å². The van der Waals surface area contributed by atoms with Gasteiger partial charge in [0.1, 0.15) is 5.82 Å². The summed E-state index contributed by atoms with van der Waals surface area (Å²) in [5.41, 5.74) is 2.73. The standard InChI is InChI=1S/C14H22ClFN2O/c1-4-14(3,19-5-2)13(18-17)9-10-11(15)7-6-8-12(10)16/h6-8,13,18H,4-5,9,17H2,1-3H3. The van der Waals surface area contributed by atoms with E-state index in [0.717, 1.165) is 6.42 Å². The fourth-order valence-corrected chi connectivity index (χ4v) is 2.40. The third-order valence-corrected chi connectivity index (χ3v) is 3.94. The number of rotatable bonds is 7. The highest BCUT2D eigenvalue weighted by molar-refractivity contribution is 6.31. The molecular formula is C14H22ClFN2O. The van der Waals surface area contributed by atoms with E-state index in [-0.39, 0.29) is 11.9 Å². The molecule has 0 heterocycles. The van der Waals surface area contributed by atoms with Crippen molar-refractivity contribution in [1.29, 1.82) is 0 Å². The number of hydrogen-bond donors (Lipinski definition) is 2. The first-order chi connectivity index (χ1) is 8.98. The van der Waals surface area contributed by atoms with Crippen LogP contribution in [0.5, 0.6) is 0 Å². The minimum absolute atomic E-state index is 0.216. The Labute approximate surface area is 119 Å². The molecule has 1 rings (SSSR count). The van der Waals surface area contributed by atoms with Gasteiger partial charge in [-0.2, -0.15) is 0 Å². The van der Waals surface area contributed by atoms with Gasteiger partial charge < -0.3 is 4.74 Å². The summed E-state index contributed by atoms with van der Waals surface area (Å²) in [5.74, 6) is 5.30. The van der Waals surface area contributed by atoms with Crippen LogP contribution in [-0.2, 0) is 11.2 Å². The summed E-state index contributed by atoms with van der Waals surface area (Å²) >= 11 is 6.05. The molecule has 1 aromatic rings. The van der Waals surface area contributed by atoms with E-state index >= 15 is 0 Å². The highest BCUT2D eigenvalue weighted by Crippen LogP contribution is 2.27. The number of hydrazine groups is 1. The van der Waals surface area contributed by atoms with Crippen molar-refractivity contribution in [3.63, 3.8) is 0 Å². The van der Waals surface area contributed by atoms with Crippen LogP contribution in [0.4, 0.5) is 4.39 Å². The molecule has 19 heavy (non-hydrogen) atoms. The monoisotopic (exact) mass is 288 g/mol. The van der Waals surface area contributed by atoms with Crippen molar-refractivity contribution in [2.45, 2.75) is 45.3 Å². The molecule has 0 aliphatic heterocycles. The van der Waals surface area contributed by atoms with E-state index < -0.39 is 5.60 Å². The summed E-state index contributed by atoms with van der Waals surface area (Å²) in [6.45, 7) is 6.49. The van der Waals surface area contributed by atoms with Crippen LogP contribution in [0.15, 0.2) is 18.2 Å². The molecule has 3 N–H and O–H groups in total. The normalized spacial score (nSPS) is 16.1. The van der Waals surface area contributed by atoms with Gasteiger partial charge in [-0.3, -0.25) is 11.3 Å². The second-order valence-corrected chi connectivity index (χ2v) is 5.13. The quantitative estimate of drug-likeness (QED) is 0.599. The third-order valence-electron chi connectivity index (χ3n) is 3.58. The van der Waals surface area contributed by atoms with Crippen molar-refractivity contribution in [3.05, 3.63) is 34.6 Å². The van der Waals surface area contributed by atoms with Gasteiger partial charge in [-0.15, -0.1) is 0 Å². The highest BCUT2D eigenvalue weighted by Gasteiger charge is 2.33. The van der Waals surface area contributed by atoms with Crippen molar-refractivity contribution in [2.24, 2.45) is 5.84 Å². The van der Waals surface area contributed by atoms with E-state index in [4.69, 9.17) is 22.2 Å². The molecule has 1 aromatic carbocycles. The molecule has 0 amide bonds. The number of hydrogen-bond acceptors (Lipinski definition) is 3. The average Bonchev–Trinajstić information content (AvgIpc) is 2.38. The zero-order chi connectivity index (χ0) is 14.5. The maximum Gasteiger partial charge on any atom is 0.127 e. The van der Waals surface area contributed by atoms with Crippen LogP contribution in [-0.4, -0.2) is 18.2 Å². The molecule has 0 saturated heterocycles. The Morgan fingerprint density at radius 3 is 2.63 bits per heavy atom. The van der Waals surface area contributed by atoms with E-state index in [9.17, 15) is 4.39 Å². The molecule has 0 aliphatic carbocycles. The lowest BCUT2D eigenvalue weighted by Gasteiger charge is -2.36. The summed E-state index contributed by atoms with van der Waals surface area (Å²) in [4.78, 5) is 0. The van der Waals surface area contributed by atoms with Gasteiger partial charge in [0, 0.05) is 17.2 Å². The first-order valence-corrected chi connectivity index (χ1v) is 6.89. The van der Waals surface area contributed by atoms with Crippen LogP contribution >= 0.6 is 11.6 Å². The number of ether oxygens (including phenoxy) is 1. The minimum atomic E-state index is -0.463. The molecule has 5 heteroatoms. The Balaban J connectivity index is 2.99. The Morgan fingerprint density at radius 2 is 2.16 bits per heavy atom. The lowest BCUT2D eigenvalue weighted by molar-refractivity contribution is -0.0552. The van der Waals surface area contributed by atoms with E-state index in [0.29, 0.717) is 23.6 Å². The largest absolute Gasteiger partial charge is 0.374 e. The van der Waals surface area contributed by atoms with E-state index in [1.54, 1.807) is 12.1 Å². The minimum Gasteiger partial charge on any atom is -0.374 e. The Morgan fingerprint density at radius 1 is 1.47 bits per heavy atom. The van der Waals surface area contributed by atoms with E-state index in [1.165, 1.54) is 6.07 Å². The van der Waals surface area contributed by atoms with Crippen molar-refractivity contribution in [3.8, 4) is 0 Å². The maximum atomic E-state index is 13.8. The second kappa shape index (κ2) is 7.20. The Bertz CT molecular complexity index is 396. The predicted octanol–water partition coefficient (Wildman–Crippen LogP) is 3.06. The first kappa shape index (κ1) is 16.4. The van der Waals surface area contributed by atoms with Crippen LogP contribution in [0.3, 0.4) is 0 Å². The van der Waals surface area contributed by atoms with Crippen molar-refractivity contribution >= 4 is 11.6 Å². The summed E-state index contributed by atoms with van der Waals surface area (Å²) in [7, 11) is 0. The Hall–Kier alpha value is -0.680. The molecule has 0 radical (unpaired) electrons. The van der Waals surface area contributed by atoms with Crippen LogP contribution < -0.4 is 11.3 Å². The van der Waals surface area contributed by atoms with E-state index in [1.807, 2.05) is 20.8 Å². The topological polar surface area (TPSA) is 47.3 Å². The number of nitrogens with two attached hydrogens (primary N) is 1.